The number of benzene rings is 1. The summed E-state index contributed by atoms with van der Waals surface area (Å²) in [5.41, 5.74) is 4.22. The normalized spacial score (nSPS) is 26.4. The lowest BCUT2D eigenvalue weighted by molar-refractivity contribution is 0.589. The zero-order chi connectivity index (χ0) is 9.42. The first-order valence-corrected chi connectivity index (χ1v) is 5.04. The summed E-state index contributed by atoms with van der Waals surface area (Å²) in [5.74, 6) is 0.700. The van der Waals surface area contributed by atoms with Crippen LogP contribution < -0.4 is 5.32 Å². The maximum absolute atomic E-state index is 3.56. The van der Waals surface area contributed by atoms with E-state index in [9.17, 15) is 0 Å². The zero-order valence-corrected chi connectivity index (χ0v) is 8.59. The van der Waals surface area contributed by atoms with Crippen LogP contribution >= 0.6 is 0 Å². The minimum absolute atomic E-state index is 0.614. The number of anilines is 1. The molecule has 2 rings (SSSR count). The first-order chi connectivity index (χ1) is 6.18. The number of fused-ring (bicyclic) bond motifs is 1. The molecule has 1 aliphatic rings. The van der Waals surface area contributed by atoms with Gasteiger partial charge in [0.2, 0.25) is 0 Å². The molecule has 0 bridgehead atoms. The van der Waals surface area contributed by atoms with Gasteiger partial charge >= 0.3 is 0 Å². The molecule has 1 aromatic rings. The van der Waals surface area contributed by atoms with Gasteiger partial charge in [-0.3, -0.25) is 0 Å². The second-order valence-corrected chi connectivity index (χ2v) is 4.22. The Morgan fingerprint density at radius 2 is 2.08 bits per heavy atom. The van der Waals surface area contributed by atoms with Crippen LogP contribution in [0.4, 0.5) is 5.69 Å². The van der Waals surface area contributed by atoms with Crippen LogP contribution in [0.1, 0.15) is 37.3 Å². The smallest absolute Gasteiger partial charge is 0.0407 e. The minimum atomic E-state index is 0.614. The fourth-order valence-corrected chi connectivity index (χ4v) is 2.26. The van der Waals surface area contributed by atoms with Crippen LogP contribution in [0, 0.1) is 6.92 Å². The Labute approximate surface area is 80.2 Å². The Balaban J connectivity index is 2.49. The number of nitrogens with one attached hydrogen (secondary N) is 1. The Morgan fingerprint density at radius 3 is 2.85 bits per heavy atom. The molecule has 1 heterocycles. The average molecular weight is 175 g/mol. The van der Waals surface area contributed by atoms with Crippen molar-refractivity contribution in [3.63, 3.8) is 0 Å². The molecule has 0 saturated carbocycles. The Hall–Kier alpha value is -0.980. The summed E-state index contributed by atoms with van der Waals surface area (Å²) in [6.07, 6.45) is 1.25. The third-order valence-electron chi connectivity index (χ3n) is 2.93. The molecule has 0 aliphatic carbocycles. The van der Waals surface area contributed by atoms with Gasteiger partial charge in [0, 0.05) is 11.7 Å². The molecular formula is C12H17N. The first kappa shape index (κ1) is 8.61. The van der Waals surface area contributed by atoms with Gasteiger partial charge in [-0.15, -0.1) is 0 Å². The molecule has 1 nitrogen and oxygen atoms in total. The number of aryl methyl sites for hydroxylation is 1. The molecule has 0 radical (unpaired) electrons. The van der Waals surface area contributed by atoms with Crippen molar-refractivity contribution in [2.75, 3.05) is 5.32 Å². The van der Waals surface area contributed by atoms with Crippen molar-refractivity contribution >= 4 is 5.69 Å². The fraction of sp³-hybridized carbons (Fsp3) is 0.500. The maximum atomic E-state index is 3.56. The van der Waals surface area contributed by atoms with E-state index < -0.39 is 0 Å². The van der Waals surface area contributed by atoms with Crippen molar-refractivity contribution in [3.8, 4) is 0 Å². The molecule has 0 unspecified atom stereocenters. The first-order valence-electron chi connectivity index (χ1n) is 5.04. The topological polar surface area (TPSA) is 12.0 Å². The van der Waals surface area contributed by atoms with Crippen LogP contribution in [0.15, 0.2) is 18.2 Å². The van der Waals surface area contributed by atoms with Crippen LogP contribution in [0.3, 0.4) is 0 Å². The maximum Gasteiger partial charge on any atom is 0.0407 e. The van der Waals surface area contributed by atoms with Gasteiger partial charge in [0.1, 0.15) is 0 Å². The van der Waals surface area contributed by atoms with Crippen molar-refractivity contribution in [1.82, 2.24) is 0 Å². The van der Waals surface area contributed by atoms with Gasteiger partial charge in [0.05, 0.1) is 0 Å². The van der Waals surface area contributed by atoms with Crippen LogP contribution in [-0.2, 0) is 0 Å². The largest absolute Gasteiger partial charge is 0.382 e. The highest BCUT2D eigenvalue weighted by atomic mass is 14.9. The molecule has 0 amide bonds. The number of hydrogen-bond acceptors (Lipinski definition) is 1. The summed E-state index contributed by atoms with van der Waals surface area (Å²) in [6, 6.07) is 7.19. The number of hydrogen-bond donors (Lipinski definition) is 1. The highest BCUT2D eigenvalue weighted by Gasteiger charge is 2.21. The van der Waals surface area contributed by atoms with Crippen molar-refractivity contribution in [3.05, 3.63) is 29.3 Å². The summed E-state index contributed by atoms with van der Waals surface area (Å²) in [7, 11) is 0. The molecule has 0 aromatic heterocycles. The molecule has 0 saturated heterocycles. The van der Waals surface area contributed by atoms with Crippen molar-refractivity contribution in [2.24, 2.45) is 0 Å². The van der Waals surface area contributed by atoms with E-state index in [-0.39, 0.29) is 0 Å². The summed E-state index contributed by atoms with van der Waals surface area (Å²) < 4.78 is 0. The molecular weight excluding hydrogens is 158 g/mol. The predicted molar refractivity (Wildman–Crippen MR) is 57.3 cm³/mol. The van der Waals surface area contributed by atoms with Gasteiger partial charge in [-0.05, 0) is 37.3 Å². The number of para-hydroxylation sites is 1. The molecule has 1 heteroatoms. The van der Waals surface area contributed by atoms with Crippen LogP contribution in [0.2, 0.25) is 0 Å². The molecule has 70 valence electrons. The van der Waals surface area contributed by atoms with Gasteiger partial charge in [-0.2, -0.15) is 0 Å². The van der Waals surface area contributed by atoms with Crippen LogP contribution in [0.25, 0.3) is 0 Å². The highest BCUT2D eigenvalue weighted by molar-refractivity contribution is 5.60. The van der Waals surface area contributed by atoms with E-state index in [0.717, 1.165) is 0 Å². The summed E-state index contributed by atoms with van der Waals surface area (Å²) in [5, 5.41) is 3.56. The molecule has 1 aromatic carbocycles. The lowest BCUT2D eigenvalue weighted by Gasteiger charge is -2.30. The molecule has 2 atom stereocenters. The summed E-state index contributed by atoms with van der Waals surface area (Å²) in [4.78, 5) is 0. The number of rotatable bonds is 0. The Kier molecular flexibility index (Phi) is 2.03. The SMILES string of the molecule is Cc1cccc2c1N[C@@H](C)C[C@@H]2C. The van der Waals surface area contributed by atoms with Crippen molar-refractivity contribution < 1.29 is 0 Å². The van der Waals surface area contributed by atoms with Crippen molar-refractivity contribution in [1.29, 1.82) is 0 Å². The second kappa shape index (κ2) is 3.06. The summed E-state index contributed by atoms with van der Waals surface area (Å²) in [6.45, 7) is 6.75. The third-order valence-corrected chi connectivity index (χ3v) is 2.93. The predicted octanol–water partition coefficient (Wildman–Crippen LogP) is 3.30. The zero-order valence-electron chi connectivity index (χ0n) is 8.59. The van der Waals surface area contributed by atoms with E-state index in [2.05, 4.69) is 44.3 Å². The Morgan fingerprint density at radius 1 is 1.31 bits per heavy atom. The van der Waals surface area contributed by atoms with Gasteiger partial charge in [0.25, 0.3) is 0 Å². The van der Waals surface area contributed by atoms with E-state index in [1.807, 2.05) is 0 Å². The average Bonchev–Trinajstić information content (AvgIpc) is 2.07. The van der Waals surface area contributed by atoms with E-state index in [1.165, 1.54) is 23.2 Å². The lowest BCUT2D eigenvalue weighted by Crippen LogP contribution is -2.24. The van der Waals surface area contributed by atoms with Gasteiger partial charge in [0.15, 0.2) is 0 Å². The van der Waals surface area contributed by atoms with Crippen LogP contribution in [0.5, 0.6) is 0 Å². The fourth-order valence-electron chi connectivity index (χ4n) is 2.26. The molecule has 1 N–H and O–H groups in total. The monoisotopic (exact) mass is 175 g/mol. The van der Waals surface area contributed by atoms with Crippen molar-refractivity contribution in [2.45, 2.75) is 39.2 Å². The molecule has 0 fully saturated rings. The lowest BCUT2D eigenvalue weighted by atomic mass is 9.87. The second-order valence-electron chi connectivity index (χ2n) is 4.22. The molecule has 0 spiro atoms. The van der Waals surface area contributed by atoms with Gasteiger partial charge in [-0.1, -0.05) is 25.1 Å². The molecule has 1 aliphatic heterocycles. The van der Waals surface area contributed by atoms with E-state index in [4.69, 9.17) is 0 Å². The van der Waals surface area contributed by atoms with Crippen LogP contribution in [-0.4, -0.2) is 6.04 Å². The quantitative estimate of drug-likeness (QED) is 0.638. The third kappa shape index (κ3) is 1.43. The van der Waals surface area contributed by atoms with Gasteiger partial charge in [-0.25, -0.2) is 0 Å². The van der Waals surface area contributed by atoms with E-state index >= 15 is 0 Å². The minimum Gasteiger partial charge on any atom is -0.382 e. The van der Waals surface area contributed by atoms with Gasteiger partial charge < -0.3 is 5.32 Å². The Bertz CT molecular complexity index is 317. The van der Waals surface area contributed by atoms with E-state index in [0.29, 0.717) is 12.0 Å². The highest BCUT2D eigenvalue weighted by Crippen LogP contribution is 2.35. The molecule has 13 heavy (non-hydrogen) atoms. The van der Waals surface area contributed by atoms with E-state index in [1.54, 1.807) is 0 Å². The summed E-state index contributed by atoms with van der Waals surface area (Å²) >= 11 is 0. The standard InChI is InChI=1S/C12H17N/c1-8-5-4-6-11-9(2)7-10(3)13-12(8)11/h4-6,9-10,13H,7H2,1-3H3/t9-,10-/m0/s1.